The molecule has 0 heterocycles. The number of amides is 1. The molecular weight excluding hydrogens is 358 g/mol. The Morgan fingerprint density at radius 3 is 2.22 bits per heavy atom. The zero-order chi connectivity index (χ0) is 19.8. The highest BCUT2D eigenvalue weighted by molar-refractivity contribution is 5.65. The van der Waals surface area contributed by atoms with Gasteiger partial charge in [0.25, 0.3) is 0 Å². The van der Waals surface area contributed by atoms with Gasteiger partial charge in [0.15, 0.2) is 0 Å². The summed E-state index contributed by atoms with van der Waals surface area (Å²) in [4.78, 5) is 11.0. The van der Waals surface area contributed by atoms with Crippen molar-refractivity contribution >= 4 is 6.09 Å². The minimum atomic E-state index is -1.36. The molecule has 6 nitrogen and oxygen atoms in total. The quantitative estimate of drug-likeness (QED) is 0.457. The highest BCUT2D eigenvalue weighted by atomic mass is 19.1. The fraction of sp³-hybridized carbons (Fsp3) is 0.316. The molecule has 0 aliphatic heterocycles. The summed E-state index contributed by atoms with van der Waals surface area (Å²) in [5.41, 5.74) is 0.921. The van der Waals surface area contributed by atoms with E-state index in [-0.39, 0.29) is 25.1 Å². The average molecular weight is 380 g/mol. The molecule has 1 amide bonds. The van der Waals surface area contributed by atoms with Gasteiger partial charge >= 0.3 is 6.09 Å². The smallest absolute Gasteiger partial charge is 0.404 e. The Bertz CT molecular complexity index is 725. The van der Waals surface area contributed by atoms with E-state index < -0.39 is 36.0 Å². The molecule has 146 valence electrons. The van der Waals surface area contributed by atoms with E-state index in [4.69, 9.17) is 5.11 Å². The molecule has 0 radical (unpaired) electrons. The maximum atomic E-state index is 13.3. The topological polar surface area (TPSA) is 102 Å². The molecule has 0 aliphatic rings. The SMILES string of the molecule is O=C(O)N[C@@H](Cc1cc(F)cc(F)c1)[C@H](O)CNCC(O)c1ccccc1. The molecular formula is C19H22F2N2O4. The van der Waals surface area contributed by atoms with Gasteiger partial charge in [-0.15, -0.1) is 0 Å². The second kappa shape index (κ2) is 9.96. The highest BCUT2D eigenvalue weighted by Gasteiger charge is 2.22. The van der Waals surface area contributed by atoms with Crippen LogP contribution in [0, 0.1) is 11.6 Å². The Morgan fingerprint density at radius 1 is 1.00 bits per heavy atom. The summed E-state index contributed by atoms with van der Waals surface area (Å²) in [5.74, 6) is -1.56. The molecule has 0 fully saturated rings. The maximum Gasteiger partial charge on any atom is 0.404 e. The minimum Gasteiger partial charge on any atom is -0.465 e. The summed E-state index contributed by atoms with van der Waals surface area (Å²) in [7, 11) is 0. The van der Waals surface area contributed by atoms with Gasteiger partial charge in [0.05, 0.1) is 18.2 Å². The van der Waals surface area contributed by atoms with Gasteiger partial charge in [-0.3, -0.25) is 0 Å². The average Bonchev–Trinajstić information content (AvgIpc) is 2.60. The predicted molar refractivity (Wildman–Crippen MR) is 95.3 cm³/mol. The van der Waals surface area contributed by atoms with E-state index in [2.05, 4.69) is 10.6 Å². The van der Waals surface area contributed by atoms with Crippen LogP contribution in [0.2, 0.25) is 0 Å². The monoisotopic (exact) mass is 380 g/mol. The molecule has 3 atom stereocenters. The number of benzene rings is 2. The first-order chi connectivity index (χ1) is 12.8. The van der Waals surface area contributed by atoms with Crippen LogP contribution >= 0.6 is 0 Å². The van der Waals surface area contributed by atoms with E-state index in [1.165, 1.54) is 0 Å². The lowest BCUT2D eigenvalue weighted by atomic mass is 10.0. The molecule has 0 aliphatic carbocycles. The number of carbonyl (C=O) groups is 1. The first-order valence-corrected chi connectivity index (χ1v) is 8.41. The van der Waals surface area contributed by atoms with E-state index >= 15 is 0 Å². The number of carboxylic acid groups (broad SMARTS) is 1. The van der Waals surface area contributed by atoms with Crippen molar-refractivity contribution in [1.82, 2.24) is 10.6 Å². The summed E-state index contributed by atoms with van der Waals surface area (Å²) in [6, 6.07) is 10.8. The van der Waals surface area contributed by atoms with Crippen LogP contribution in [0.1, 0.15) is 17.2 Å². The standard InChI is InChI=1S/C19H22F2N2O4/c20-14-6-12(7-15(21)9-14)8-16(23-19(26)27)18(25)11-22-10-17(24)13-4-2-1-3-5-13/h1-7,9,16-18,22-25H,8,10-11H2,(H,26,27)/t16-,17?,18+/m0/s1. The first-order valence-electron chi connectivity index (χ1n) is 8.41. The molecule has 2 rings (SSSR count). The van der Waals surface area contributed by atoms with Crippen molar-refractivity contribution in [3.05, 3.63) is 71.3 Å². The van der Waals surface area contributed by atoms with Crippen LogP contribution in [-0.2, 0) is 6.42 Å². The normalized spacial score (nSPS) is 14.4. The van der Waals surface area contributed by atoms with Gasteiger partial charge in [-0.1, -0.05) is 30.3 Å². The Hall–Kier alpha value is -2.55. The number of halogens is 2. The Labute approximate surface area is 155 Å². The van der Waals surface area contributed by atoms with E-state index in [1.807, 2.05) is 6.07 Å². The van der Waals surface area contributed by atoms with Gasteiger partial charge in [-0.05, 0) is 29.7 Å². The predicted octanol–water partition coefficient (Wildman–Crippen LogP) is 1.83. The van der Waals surface area contributed by atoms with Crippen molar-refractivity contribution in [3.63, 3.8) is 0 Å². The van der Waals surface area contributed by atoms with Crippen LogP contribution in [0.25, 0.3) is 0 Å². The van der Waals surface area contributed by atoms with Crippen molar-refractivity contribution in [3.8, 4) is 0 Å². The number of aliphatic hydroxyl groups is 2. The Morgan fingerprint density at radius 2 is 1.63 bits per heavy atom. The van der Waals surface area contributed by atoms with E-state index in [9.17, 15) is 23.8 Å². The maximum absolute atomic E-state index is 13.3. The highest BCUT2D eigenvalue weighted by Crippen LogP contribution is 2.13. The van der Waals surface area contributed by atoms with Crippen molar-refractivity contribution in [2.24, 2.45) is 0 Å². The van der Waals surface area contributed by atoms with Gasteiger partial charge < -0.3 is 26.0 Å². The second-order valence-corrected chi connectivity index (χ2v) is 6.19. The van der Waals surface area contributed by atoms with Gasteiger partial charge in [0.1, 0.15) is 11.6 Å². The van der Waals surface area contributed by atoms with Crippen LogP contribution in [0.3, 0.4) is 0 Å². The lowest BCUT2D eigenvalue weighted by molar-refractivity contribution is 0.110. The van der Waals surface area contributed by atoms with Crippen LogP contribution in [0.4, 0.5) is 13.6 Å². The third kappa shape index (κ3) is 6.93. The molecule has 0 bridgehead atoms. The van der Waals surface area contributed by atoms with Gasteiger partial charge in [-0.25, -0.2) is 13.6 Å². The summed E-state index contributed by atoms with van der Waals surface area (Å²) < 4.78 is 26.6. The Kier molecular flexibility index (Phi) is 7.66. The molecule has 5 N–H and O–H groups in total. The third-order valence-corrected chi connectivity index (χ3v) is 4.03. The molecule has 27 heavy (non-hydrogen) atoms. The number of hydrogen-bond acceptors (Lipinski definition) is 4. The lowest BCUT2D eigenvalue weighted by Gasteiger charge is -2.24. The summed E-state index contributed by atoms with van der Waals surface area (Å²) >= 11 is 0. The van der Waals surface area contributed by atoms with Crippen LogP contribution in [0.5, 0.6) is 0 Å². The first kappa shape index (κ1) is 20.8. The van der Waals surface area contributed by atoms with Crippen molar-refractivity contribution in [2.75, 3.05) is 13.1 Å². The summed E-state index contributed by atoms with van der Waals surface area (Å²) in [5, 5.41) is 34.3. The minimum absolute atomic E-state index is 0.0212. The molecule has 0 spiro atoms. The number of aliphatic hydroxyl groups excluding tert-OH is 2. The van der Waals surface area contributed by atoms with E-state index in [0.717, 1.165) is 12.1 Å². The zero-order valence-electron chi connectivity index (χ0n) is 14.5. The fourth-order valence-corrected chi connectivity index (χ4v) is 2.73. The molecule has 0 aromatic heterocycles. The van der Waals surface area contributed by atoms with Crippen molar-refractivity contribution in [2.45, 2.75) is 24.7 Å². The molecule has 0 saturated heterocycles. The number of hydrogen-bond donors (Lipinski definition) is 5. The number of rotatable bonds is 9. The van der Waals surface area contributed by atoms with E-state index in [0.29, 0.717) is 11.6 Å². The number of nitrogens with one attached hydrogen (secondary N) is 2. The van der Waals surface area contributed by atoms with Crippen LogP contribution in [0.15, 0.2) is 48.5 Å². The van der Waals surface area contributed by atoms with Crippen molar-refractivity contribution in [1.29, 1.82) is 0 Å². The Balaban J connectivity index is 1.93. The molecule has 8 heteroatoms. The molecule has 2 aromatic rings. The fourth-order valence-electron chi connectivity index (χ4n) is 2.73. The van der Waals surface area contributed by atoms with Crippen LogP contribution < -0.4 is 10.6 Å². The van der Waals surface area contributed by atoms with Gasteiger partial charge in [-0.2, -0.15) is 0 Å². The van der Waals surface area contributed by atoms with Gasteiger partial charge in [0.2, 0.25) is 0 Å². The van der Waals surface area contributed by atoms with Gasteiger partial charge in [0, 0.05) is 19.2 Å². The third-order valence-electron chi connectivity index (χ3n) is 4.03. The largest absolute Gasteiger partial charge is 0.465 e. The lowest BCUT2D eigenvalue weighted by Crippen LogP contribution is -2.48. The molecule has 0 saturated carbocycles. The van der Waals surface area contributed by atoms with E-state index in [1.54, 1.807) is 24.3 Å². The van der Waals surface area contributed by atoms with Crippen molar-refractivity contribution < 1.29 is 28.9 Å². The zero-order valence-corrected chi connectivity index (χ0v) is 14.5. The summed E-state index contributed by atoms with van der Waals surface area (Å²) in [6.07, 6.45) is -3.41. The second-order valence-electron chi connectivity index (χ2n) is 6.19. The molecule has 2 aromatic carbocycles. The molecule has 1 unspecified atom stereocenters. The summed E-state index contributed by atoms with van der Waals surface area (Å²) in [6.45, 7) is 0.127. The van der Waals surface area contributed by atoms with Crippen LogP contribution in [-0.4, -0.2) is 46.6 Å².